The molecule has 1 atom stereocenters. The van der Waals surface area contributed by atoms with Crippen LogP contribution in [0, 0.1) is 0 Å². The molecule has 1 aromatic heterocycles. The van der Waals surface area contributed by atoms with Crippen molar-refractivity contribution < 1.29 is 0 Å². The fourth-order valence-electron chi connectivity index (χ4n) is 2.52. The Balaban J connectivity index is 2.14. The van der Waals surface area contributed by atoms with Crippen LogP contribution in [-0.4, -0.2) is 42.6 Å². The van der Waals surface area contributed by atoms with Crippen molar-refractivity contribution in [2.24, 2.45) is 0 Å². The van der Waals surface area contributed by atoms with Gasteiger partial charge in [-0.25, -0.2) is 0 Å². The Bertz CT molecular complexity index is 315. The highest BCUT2D eigenvalue weighted by molar-refractivity contribution is 5.15. The third kappa shape index (κ3) is 2.42. The highest BCUT2D eigenvalue weighted by atomic mass is 15.2. The number of rotatable bonds is 3. The van der Waals surface area contributed by atoms with E-state index in [1.54, 1.807) is 0 Å². The summed E-state index contributed by atoms with van der Waals surface area (Å²) in [6, 6.07) is 4.25. The second kappa shape index (κ2) is 4.93. The second-order valence-corrected chi connectivity index (χ2v) is 4.93. The Hall–Kier alpha value is -0.930. The van der Waals surface area contributed by atoms with E-state index in [2.05, 4.69) is 41.4 Å². The number of nitrogens with one attached hydrogen (secondary N) is 1. The van der Waals surface area contributed by atoms with Crippen LogP contribution in [0.5, 0.6) is 0 Å². The van der Waals surface area contributed by atoms with E-state index in [0.29, 0.717) is 0 Å². The normalized spacial score (nSPS) is 25.9. The van der Waals surface area contributed by atoms with Crippen LogP contribution >= 0.6 is 0 Å². The molecule has 1 aliphatic rings. The number of pyridine rings is 1. The molecule has 1 fully saturated rings. The van der Waals surface area contributed by atoms with Crippen LogP contribution in [-0.2, 0) is 6.42 Å². The van der Waals surface area contributed by atoms with Gasteiger partial charge in [0.1, 0.15) is 0 Å². The van der Waals surface area contributed by atoms with E-state index in [-0.39, 0.29) is 5.54 Å². The van der Waals surface area contributed by atoms with Gasteiger partial charge in [0.25, 0.3) is 0 Å². The summed E-state index contributed by atoms with van der Waals surface area (Å²) >= 11 is 0. The van der Waals surface area contributed by atoms with Crippen molar-refractivity contribution in [1.82, 2.24) is 15.2 Å². The van der Waals surface area contributed by atoms with Gasteiger partial charge >= 0.3 is 0 Å². The van der Waals surface area contributed by atoms with E-state index >= 15 is 0 Å². The molecule has 1 N–H and O–H groups in total. The molecule has 1 unspecified atom stereocenters. The largest absolute Gasteiger partial charge is 0.315 e. The predicted molar refractivity (Wildman–Crippen MR) is 66.5 cm³/mol. The predicted octanol–water partition coefficient (Wildman–Crippen LogP) is 1.31. The minimum atomic E-state index is 0.277. The smallest absolute Gasteiger partial charge is 0.0368 e. The van der Waals surface area contributed by atoms with Gasteiger partial charge in [-0.2, -0.15) is 0 Å². The van der Waals surface area contributed by atoms with Crippen LogP contribution in [0.4, 0.5) is 0 Å². The van der Waals surface area contributed by atoms with Crippen molar-refractivity contribution in [2.75, 3.05) is 27.2 Å². The van der Waals surface area contributed by atoms with Gasteiger partial charge in [-0.1, -0.05) is 0 Å². The van der Waals surface area contributed by atoms with Crippen LogP contribution in [0.2, 0.25) is 0 Å². The molecule has 1 saturated heterocycles. The van der Waals surface area contributed by atoms with Gasteiger partial charge in [-0.15, -0.1) is 0 Å². The molecule has 0 aromatic carbocycles. The molecule has 0 bridgehead atoms. The van der Waals surface area contributed by atoms with E-state index in [1.165, 1.54) is 18.4 Å². The highest BCUT2D eigenvalue weighted by Crippen LogP contribution is 2.26. The van der Waals surface area contributed by atoms with Crippen LogP contribution in [0.15, 0.2) is 24.5 Å². The first-order valence-corrected chi connectivity index (χ1v) is 6.00. The van der Waals surface area contributed by atoms with Gasteiger partial charge in [0.05, 0.1) is 0 Å². The molecule has 0 amide bonds. The molecule has 1 aliphatic heterocycles. The van der Waals surface area contributed by atoms with Crippen LogP contribution < -0.4 is 5.32 Å². The Morgan fingerprint density at radius 3 is 2.69 bits per heavy atom. The first-order chi connectivity index (χ1) is 7.73. The molecule has 3 heteroatoms. The van der Waals surface area contributed by atoms with Crippen molar-refractivity contribution in [3.8, 4) is 0 Å². The average Bonchev–Trinajstić information content (AvgIpc) is 2.31. The molecule has 2 rings (SSSR count). The number of likely N-dealkylation sites (N-methyl/N-ethyl adjacent to an activating group) is 1. The lowest BCUT2D eigenvalue weighted by Crippen LogP contribution is -2.56. The van der Waals surface area contributed by atoms with Crippen molar-refractivity contribution in [3.05, 3.63) is 30.1 Å². The van der Waals surface area contributed by atoms with E-state index in [1.807, 2.05) is 12.4 Å². The maximum absolute atomic E-state index is 4.08. The number of piperidine rings is 1. The first kappa shape index (κ1) is 11.6. The number of nitrogens with zero attached hydrogens (tertiary/aromatic N) is 2. The molecular formula is C13H21N3. The van der Waals surface area contributed by atoms with Crippen molar-refractivity contribution >= 4 is 0 Å². The minimum absolute atomic E-state index is 0.277. The molecule has 0 saturated carbocycles. The Kier molecular flexibility index (Phi) is 3.56. The summed E-state index contributed by atoms with van der Waals surface area (Å²) in [5.41, 5.74) is 1.66. The summed E-state index contributed by atoms with van der Waals surface area (Å²) in [5.74, 6) is 0. The van der Waals surface area contributed by atoms with E-state index in [9.17, 15) is 0 Å². The van der Waals surface area contributed by atoms with Crippen LogP contribution in [0.1, 0.15) is 18.4 Å². The van der Waals surface area contributed by atoms with E-state index in [4.69, 9.17) is 0 Å². The molecule has 2 heterocycles. The Morgan fingerprint density at radius 1 is 1.38 bits per heavy atom. The maximum atomic E-state index is 4.08. The molecule has 0 spiro atoms. The fraction of sp³-hybridized carbons (Fsp3) is 0.615. The van der Waals surface area contributed by atoms with Crippen molar-refractivity contribution in [1.29, 1.82) is 0 Å². The van der Waals surface area contributed by atoms with Crippen LogP contribution in [0.3, 0.4) is 0 Å². The second-order valence-electron chi connectivity index (χ2n) is 4.93. The average molecular weight is 219 g/mol. The van der Waals surface area contributed by atoms with E-state index < -0.39 is 0 Å². The molecule has 16 heavy (non-hydrogen) atoms. The quantitative estimate of drug-likeness (QED) is 0.831. The molecule has 1 aromatic rings. The third-order valence-corrected chi connectivity index (χ3v) is 3.68. The van der Waals surface area contributed by atoms with Gasteiger partial charge < -0.3 is 10.2 Å². The zero-order chi connectivity index (χ0) is 11.4. The zero-order valence-corrected chi connectivity index (χ0v) is 10.2. The van der Waals surface area contributed by atoms with Gasteiger partial charge in [-0.05, 0) is 57.6 Å². The Morgan fingerprint density at radius 2 is 2.12 bits per heavy atom. The highest BCUT2D eigenvalue weighted by Gasteiger charge is 2.34. The summed E-state index contributed by atoms with van der Waals surface area (Å²) in [4.78, 5) is 6.45. The zero-order valence-electron chi connectivity index (χ0n) is 10.2. The molecular weight excluding hydrogens is 198 g/mol. The lowest BCUT2D eigenvalue weighted by Gasteiger charge is -2.43. The van der Waals surface area contributed by atoms with Crippen LogP contribution in [0.25, 0.3) is 0 Å². The first-order valence-electron chi connectivity index (χ1n) is 6.00. The monoisotopic (exact) mass is 219 g/mol. The number of aromatic nitrogens is 1. The summed E-state index contributed by atoms with van der Waals surface area (Å²) in [5, 5.41) is 3.52. The summed E-state index contributed by atoms with van der Waals surface area (Å²) < 4.78 is 0. The topological polar surface area (TPSA) is 28.2 Å². The standard InChI is InChI=1S/C13H21N3/c1-16(2)13(6-3-7-15-11-13)10-12-4-8-14-9-5-12/h4-5,8-9,15H,3,6-7,10-11H2,1-2H3. The number of hydrogen-bond acceptors (Lipinski definition) is 3. The molecule has 88 valence electrons. The van der Waals surface area contributed by atoms with E-state index in [0.717, 1.165) is 19.5 Å². The van der Waals surface area contributed by atoms with Gasteiger partial charge in [0.2, 0.25) is 0 Å². The number of hydrogen-bond donors (Lipinski definition) is 1. The summed E-state index contributed by atoms with van der Waals surface area (Å²) in [6.45, 7) is 2.24. The minimum Gasteiger partial charge on any atom is -0.315 e. The summed E-state index contributed by atoms with van der Waals surface area (Å²) in [6.07, 6.45) is 7.41. The maximum Gasteiger partial charge on any atom is 0.0368 e. The fourth-order valence-corrected chi connectivity index (χ4v) is 2.52. The Labute approximate surface area is 97.9 Å². The van der Waals surface area contributed by atoms with Gasteiger partial charge in [0, 0.05) is 24.5 Å². The molecule has 0 aliphatic carbocycles. The van der Waals surface area contributed by atoms with Crippen molar-refractivity contribution in [2.45, 2.75) is 24.8 Å². The summed E-state index contributed by atoms with van der Waals surface area (Å²) in [7, 11) is 4.38. The lowest BCUT2D eigenvalue weighted by atomic mass is 9.83. The van der Waals surface area contributed by atoms with Gasteiger partial charge in [-0.3, -0.25) is 4.98 Å². The molecule has 0 radical (unpaired) electrons. The molecule has 3 nitrogen and oxygen atoms in total. The third-order valence-electron chi connectivity index (χ3n) is 3.68. The SMILES string of the molecule is CN(C)C1(Cc2ccncc2)CCCNC1. The van der Waals surface area contributed by atoms with Crippen molar-refractivity contribution in [3.63, 3.8) is 0 Å². The lowest BCUT2D eigenvalue weighted by molar-refractivity contribution is 0.114. The van der Waals surface area contributed by atoms with Gasteiger partial charge in [0.15, 0.2) is 0 Å².